The van der Waals surface area contributed by atoms with Gasteiger partial charge in [0.05, 0.1) is 28.8 Å². The number of hydrogen-bond donors (Lipinski definition) is 3. The Morgan fingerprint density at radius 1 is 1.47 bits per heavy atom. The van der Waals surface area contributed by atoms with Gasteiger partial charge in [-0.25, -0.2) is 4.98 Å². The number of para-hydroxylation sites is 1. The number of nitriles is 1. The molecule has 1 aromatic carbocycles. The number of nitrogens with two attached hydrogens (primary N) is 1. The van der Waals surface area contributed by atoms with E-state index in [-0.39, 0.29) is 6.42 Å². The molecule has 1 heterocycles. The number of nitrogen functional groups attached to an aromatic ring is 1. The van der Waals surface area contributed by atoms with Gasteiger partial charge in [-0.05, 0) is 6.07 Å². The monoisotopic (exact) mass is 249 g/mol. The summed E-state index contributed by atoms with van der Waals surface area (Å²) in [5, 5.41) is 28.5. The van der Waals surface area contributed by atoms with Crippen molar-refractivity contribution in [3.8, 4) is 6.07 Å². The van der Waals surface area contributed by atoms with Crippen molar-refractivity contribution in [1.29, 1.82) is 5.26 Å². The number of benzene rings is 1. The first kappa shape index (κ1) is 11.8. The van der Waals surface area contributed by atoms with Crippen molar-refractivity contribution < 1.29 is 10.2 Å². The van der Waals surface area contributed by atoms with E-state index in [1.807, 2.05) is 12.1 Å². The van der Waals surface area contributed by atoms with E-state index < -0.39 is 12.2 Å². The second-order valence-corrected chi connectivity index (χ2v) is 4.68. The van der Waals surface area contributed by atoms with Gasteiger partial charge in [-0.1, -0.05) is 23.5 Å². The van der Waals surface area contributed by atoms with E-state index in [4.69, 9.17) is 11.0 Å². The quantitative estimate of drug-likeness (QED) is 0.758. The number of hydrogen-bond acceptors (Lipinski definition) is 6. The predicted octanol–water partition coefficient (Wildman–Crippen LogP) is 1.19. The highest BCUT2D eigenvalue weighted by atomic mass is 32.1. The molecule has 0 aliphatic rings. The second-order valence-electron chi connectivity index (χ2n) is 3.62. The summed E-state index contributed by atoms with van der Waals surface area (Å²) in [6, 6.07) is 7.10. The van der Waals surface area contributed by atoms with Crippen LogP contribution in [0.5, 0.6) is 0 Å². The van der Waals surface area contributed by atoms with Gasteiger partial charge < -0.3 is 15.9 Å². The largest absolute Gasteiger partial charge is 0.389 e. The Morgan fingerprint density at radius 2 is 2.24 bits per heavy atom. The Balaban J connectivity index is 2.44. The maximum atomic E-state index is 9.95. The van der Waals surface area contributed by atoms with E-state index in [1.54, 1.807) is 12.1 Å². The topological polar surface area (TPSA) is 103 Å². The fourth-order valence-electron chi connectivity index (χ4n) is 1.64. The van der Waals surface area contributed by atoms with Crippen LogP contribution >= 0.6 is 11.3 Å². The maximum Gasteiger partial charge on any atom is 0.181 e. The fraction of sp³-hybridized carbons (Fsp3) is 0.273. The van der Waals surface area contributed by atoms with E-state index >= 15 is 0 Å². The van der Waals surface area contributed by atoms with Gasteiger partial charge in [0.25, 0.3) is 0 Å². The summed E-state index contributed by atoms with van der Waals surface area (Å²) in [7, 11) is 0. The van der Waals surface area contributed by atoms with Crippen molar-refractivity contribution in [3.63, 3.8) is 0 Å². The van der Waals surface area contributed by atoms with E-state index in [0.29, 0.717) is 16.2 Å². The molecule has 0 aliphatic carbocycles. The van der Waals surface area contributed by atoms with Crippen LogP contribution in [0.2, 0.25) is 0 Å². The zero-order valence-electron chi connectivity index (χ0n) is 8.87. The van der Waals surface area contributed by atoms with Crippen LogP contribution in [0, 0.1) is 11.3 Å². The van der Waals surface area contributed by atoms with Crippen LogP contribution in [0.3, 0.4) is 0 Å². The van der Waals surface area contributed by atoms with E-state index in [1.165, 1.54) is 11.3 Å². The lowest BCUT2D eigenvalue weighted by Gasteiger charge is -2.15. The lowest BCUT2D eigenvalue weighted by Crippen LogP contribution is -2.17. The summed E-state index contributed by atoms with van der Waals surface area (Å²) >= 11 is 1.32. The number of aromatic nitrogens is 1. The summed E-state index contributed by atoms with van der Waals surface area (Å²) in [5.74, 6) is 0. The Kier molecular flexibility index (Phi) is 3.24. The van der Waals surface area contributed by atoms with Gasteiger partial charge in [0, 0.05) is 5.56 Å². The fourth-order valence-corrected chi connectivity index (χ4v) is 2.41. The Hall–Kier alpha value is -1.68. The first-order chi connectivity index (χ1) is 8.13. The van der Waals surface area contributed by atoms with E-state index in [2.05, 4.69) is 4.98 Å². The van der Waals surface area contributed by atoms with Gasteiger partial charge in [-0.15, -0.1) is 0 Å². The summed E-state index contributed by atoms with van der Waals surface area (Å²) in [5.41, 5.74) is 6.69. The minimum absolute atomic E-state index is 0.128. The number of rotatable bonds is 3. The van der Waals surface area contributed by atoms with Gasteiger partial charge >= 0.3 is 0 Å². The molecule has 0 bridgehead atoms. The molecule has 2 atom stereocenters. The number of anilines is 1. The highest BCUT2D eigenvalue weighted by Crippen LogP contribution is 2.31. The lowest BCUT2D eigenvalue weighted by atomic mass is 10.0. The molecule has 0 spiro atoms. The Labute approximate surface area is 102 Å². The number of nitrogens with zero attached hydrogens (tertiary/aromatic N) is 2. The molecule has 0 radical (unpaired) electrons. The van der Waals surface area contributed by atoms with Crippen LogP contribution < -0.4 is 5.73 Å². The second kappa shape index (κ2) is 4.67. The van der Waals surface area contributed by atoms with Gasteiger partial charge in [0.15, 0.2) is 5.13 Å². The standard InChI is InChI=1S/C11H11N3O2S/c12-5-4-7(15)10(16)6-2-1-3-8-9(6)14-11(13)17-8/h1-3,7,10,15-16H,4H2,(H2,13,14). The van der Waals surface area contributed by atoms with Crippen LogP contribution in [0.25, 0.3) is 10.2 Å². The third-order valence-corrected chi connectivity index (χ3v) is 3.30. The van der Waals surface area contributed by atoms with Gasteiger partial charge in [-0.2, -0.15) is 5.26 Å². The number of aliphatic hydroxyl groups is 2. The lowest BCUT2D eigenvalue weighted by molar-refractivity contribution is 0.0224. The smallest absolute Gasteiger partial charge is 0.181 e. The zero-order chi connectivity index (χ0) is 12.4. The van der Waals surface area contributed by atoms with Crippen molar-refractivity contribution in [2.24, 2.45) is 0 Å². The molecule has 4 N–H and O–H groups in total. The van der Waals surface area contributed by atoms with Crippen molar-refractivity contribution in [2.45, 2.75) is 18.6 Å². The van der Waals surface area contributed by atoms with Crippen LogP contribution in [0.4, 0.5) is 5.13 Å². The van der Waals surface area contributed by atoms with Gasteiger partial charge in [0.1, 0.15) is 6.10 Å². The molecule has 88 valence electrons. The van der Waals surface area contributed by atoms with Crippen molar-refractivity contribution in [1.82, 2.24) is 4.98 Å². The molecule has 0 aliphatic heterocycles. The third kappa shape index (κ3) is 2.22. The van der Waals surface area contributed by atoms with Crippen LogP contribution in [-0.4, -0.2) is 21.3 Å². The first-order valence-corrected chi connectivity index (χ1v) is 5.83. The van der Waals surface area contributed by atoms with Crippen LogP contribution in [0.1, 0.15) is 18.1 Å². The molecule has 0 saturated carbocycles. The summed E-state index contributed by atoms with van der Waals surface area (Å²) in [6.07, 6.45) is -2.37. The molecule has 1 aromatic heterocycles. The molecule has 2 aromatic rings. The van der Waals surface area contributed by atoms with E-state index in [0.717, 1.165) is 4.70 Å². The van der Waals surface area contributed by atoms with Crippen molar-refractivity contribution >= 4 is 26.7 Å². The summed E-state index contributed by atoms with van der Waals surface area (Å²) < 4.78 is 0.850. The molecule has 0 saturated heterocycles. The van der Waals surface area contributed by atoms with Crippen LogP contribution in [-0.2, 0) is 0 Å². The third-order valence-electron chi connectivity index (χ3n) is 2.45. The van der Waals surface area contributed by atoms with Gasteiger partial charge in [-0.3, -0.25) is 0 Å². The molecule has 5 nitrogen and oxygen atoms in total. The number of thiazole rings is 1. The average Bonchev–Trinajstić information content (AvgIpc) is 2.68. The highest BCUT2D eigenvalue weighted by molar-refractivity contribution is 7.22. The maximum absolute atomic E-state index is 9.95. The van der Waals surface area contributed by atoms with Crippen molar-refractivity contribution in [3.05, 3.63) is 23.8 Å². The normalized spacial score (nSPS) is 14.4. The molecular weight excluding hydrogens is 238 g/mol. The summed E-state index contributed by atoms with van der Waals surface area (Å²) in [6.45, 7) is 0. The van der Waals surface area contributed by atoms with E-state index in [9.17, 15) is 10.2 Å². The Bertz CT molecular complexity index is 576. The minimum Gasteiger partial charge on any atom is -0.389 e. The average molecular weight is 249 g/mol. The highest BCUT2D eigenvalue weighted by Gasteiger charge is 2.21. The van der Waals surface area contributed by atoms with Crippen LogP contribution in [0.15, 0.2) is 18.2 Å². The van der Waals surface area contributed by atoms with Gasteiger partial charge in [0.2, 0.25) is 0 Å². The molecule has 17 heavy (non-hydrogen) atoms. The minimum atomic E-state index is -1.13. The molecule has 6 heteroatoms. The molecule has 0 fully saturated rings. The molecule has 2 rings (SSSR count). The number of fused-ring (bicyclic) bond motifs is 1. The molecule has 0 amide bonds. The molecular formula is C11H11N3O2S. The first-order valence-electron chi connectivity index (χ1n) is 5.01. The predicted molar refractivity (Wildman–Crippen MR) is 65.2 cm³/mol. The zero-order valence-corrected chi connectivity index (χ0v) is 9.68. The summed E-state index contributed by atoms with van der Waals surface area (Å²) in [4.78, 5) is 4.12. The molecule has 2 unspecified atom stereocenters. The SMILES string of the molecule is N#CCC(O)C(O)c1cccc2sc(N)nc12. The van der Waals surface area contributed by atoms with Crippen molar-refractivity contribution in [2.75, 3.05) is 5.73 Å². The Morgan fingerprint density at radius 3 is 2.94 bits per heavy atom. The number of aliphatic hydroxyl groups excluding tert-OH is 2.